The van der Waals surface area contributed by atoms with Crippen molar-refractivity contribution in [2.45, 2.75) is 12.8 Å². The van der Waals surface area contributed by atoms with E-state index in [9.17, 15) is 27.2 Å². The summed E-state index contributed by atoms with van der Waals surface area (Å²) in [7, 11) is 0.827. The van der Waals surface area contributed by atoms with Gasteiger partial charge in [-0.15, -0.1) is 0 Å². The van der Waals surface area contributed by atoms with Crippen LogP contribution in [-0.2, 0) is 19.8 Å². The van der Waals surface area contributed by atoms with Gasteiger partial charge in [-0.3, -0.25) is 14.3 Å². The van der Waals surface area contributed by atoms with E-state index in [1.807, 2.05) is 0 Å². The van der Waals surface area contributed by atoms with Crippen molar-refractivity contribution in [2.75, 3.05) is 5.73 Å². The van der Waals surface area contributed by atoms with E-state index in [0.29, 0.717) is 5.75 Å². The predicted molar refractivity (Wildman–Crippen MR) is 122 cm³/mol. The Hall–Kier alpha value is -4.61. The van der Waals surface area contributed by atoms with Crippen molar-refractivity contribution in [3.05, 3.63) is 105 Å². The predicted octanol–water partition coefficient (Wildman–Crippen LogP) is 4.04. The first kappa shape index (κ1) is 24.5. The first-order chi connectivity index (χ1) is 17.0. The van der Waals surface area contributed by atoms with Crippen molar-refractivity contribution in [1.29, 1.82) is 0 Å². The second-order valence-corrected chi connectivity index (χ2v) is 7.61. The Labute approximate surface area is 200 Å². The van der Waals surface area contributed by atoms with Crippen molar-refractivity contribution in [3.8, 4) is 22.9 Å². The molecule has 36 heavy (non-hydrogen) atoms. The lowest BCUT2D eigenvalue weighted by atomic mass is 10.2. The van der Waals surface area contributed by atoms with Crippen molar-refractivity contribution in [1.82, 2.24) is 14.1 Å². The van der Waals surface area contributed by atoms with E-state index >= 15 is 0 Å². The summed E-state index contributed by atoms with van der Waals surface area (Å²) < 4.78 is 66.0. The topological polar surface area (TPSA) is 101 Å². The zero-order valence-corrected chi connectivity index (χ0v) is 18.6. The Kier molecular flexibility index (Phi) is 6.51. The van der Waals surface area contributed by atoms with Crippen LogP contribution >= 0.6 is 0 Å². The number of halogens is 4. The molecular formula is C24H18F4N4O4. The average molecular weight is 502 g/mol. The highest BCUT2D eigenvalue weighted by Gasteiger charge is 2.35. The van der Waals surface area contributed by atoms with E-state index in [1.165, 1.54) is 0 Å². The van der Waals surface area contributed by atoms with Gasteiger partial charge >= 0.3 is 11.9 Å². The molecule has 0 radical (unpaired) electrons. The maximum atomic E-state index is 14.7. The van der Waals surface area contributed by atoms with Crippen LogP contribution in [0.4, 0.5) is 23.2 Å². The van der Waals surface area contributed by atoms with E-state index in [2.05, 4.69) is 4.98 Å². The minimum Gasteiger partial charge on any atom is -0.489 e. The average Bonchev–Trinajstić information content (AvgIpc) is 2.83. The number of pyridine rings is 1. The van der Waals surface area contributed by atoms with E-state index < -0.39 is 34.6 Å². The van der Waals surface area contributed by atoms with Gasteiger partial charge in [0.1, 0.15) is 29.6 Å². The third-order valence-electron chi connectivity index (χ3n) is 5.11. The molecule has 0 amide bonds. The van der Waals surface area contributed by atoms with Crippen LogP contribution in [0.25, 0.3) is 5.69 Å². The van der Waals surface area contributed by atoms with Gasteiger partial charge in [0, 0.05) is 37.6 Å². The summed E-state index contributed by atoms with van der Waals surface area (Å²) in [6, 6.07) is 12.0. The zero-order valence-electron chi connectivity index (χ0n) is 18.6. The molecule has 4 rings (SSSR count). The fraction of sp³-hybridized carbons (Fsp3) is 0.125. The third-order valence-corrected chi connectivity index (χ3v) is 5.11. The minimum absolute atomic E-state index is 0.118. The van der Waals surface area contributed by atoms with Gasteiger partial charge < -0.3 is 15.2 Å². The number of hydrogen-bond acceptors (Lipinski definition) is 6. The van der Waals surface area contributed by atoms with Gasteiger partial charge in [0.15, 0.2) is 5.75 Å². The molecular weight excluding hydrogens is 484 g/mol. The Bertz CT molecular complexity index is 1530. The molecule has 12 heteroatoms. The van der Waals surface area contributed by atoms with Gasteiger partial charge in [0.05, 0.1) is 11.4 Å². The molecule has 0 spiro atoms. The quantitative estimate of drug-likeness (QED) is 0.316. The molecule has 2 heterocycles. The SMILES string of the molecule is Cn1c(C(F)(F)F)cc(=O)n(-c2cc(Oc3cccc(COc4ccncc4)c3)c(N)cc2F)c1=O. The summed E-state index contributed by atoms with van der Waals surface area (Å²) in [6.07, 6.45) is -1.79. The lowest BCUT2D eigenvalue weighted by molar-refractivity contribution is -0.144. The van der Waals surface area contributed by atoms with Gasteiger partial charge in [0.25, 0.3) is 5.56 Å². The second kappa shape index (κ2) is 9.56. The Balaban J connectivity index is 1.67. The molecule has 0 bridgehead atoms. The van der Waals surface area contributed by atoms with E-state index in [1.54, 1.807) is 48.8 Å². The number of hydrogen-bond donors (Lipinski definition) is 1. The van der Waals surface area contributed by atoms with E-state index in [0.717, 1.165) is 24.7 Å². The molecule has 0 aliphatic rings. The number of anilines is 1. The van der Waals surface area contributed by atoms with E-state index in [-0.39, 0.29) is 39.0 Å². The lowest BCUT2D eigenvalue weighted by Gasteiger charge is -2.16. The molecule has 0 aliphatic heterocycles. The summed E-state index contributed by atoms with van der Waals surface area (Å²) in [5.74, 6) is -0.333. The summed E-state index contributed by atoms with van der Waals surface area (Å²) in [4.78, 5) is 28.9. The van der Waals surface area contributed by atoms with Crippen LogP contribution in [0.3, 0.4) is 0 Å². The van der Waals surface area contributed by atoms with Crippen molar-refractivity contribution in [3.63, 3.8) is 0 Å². The van der Waals surface area contributed by atoms with Crippen LogP contribution < -0.4 is 26.5 Å². The third kappa shape index (κ3) is 5.06. The highest BCUT2D eigenvalue weighted by molar-refractivity contribution is 5.59. The normalized spacial score (nSPS) is 11.4. The summed E-state index contributed by atoms with van der Waals surface area (Å²) in [5, 5.41) is 0. The molecule has 0 atom stereocenters. The van der Waals surface area contributed by atoms with Gasteiger partial charge in [-0.05, 0) is 29.8 Å². The summed E-state index contributed by atoms with van der Waals surface area (Å²) in [6.45, 7) is 0.197. The van der Waals surface area contributed by atoms with Gasteiger partial charge in [-0.25, -0.2) is 13.8 Å². The molecule has 0 saturated carbocycles. The Morgan fingerprint density at radius 1 is 1.00 bits per heavy atom. The molecule has 4 aromatic rings. The van der Waals surface area contributed by atoms with Crippen LogP contribution in [0.15, 0.2) is 76.6 Å². The Morgan fingerprint density at radius 3 is 2.42 bits per heavy atom. The van der Waals surface area contributed by atoms with Crippen LogP contribution in [0.2, 0.25) is 0 Å². The molecule has 0 saturated heterocycles. The maximum absolute atomic E-state index is 14.7. The van der Waals surface area contributed by atoms with Crippen molar-refractivity contribution >= 4 is 5.69 Å². The van der Waals surface area contributed by atoms with Crippen LogP contribution in [0.5, 0.6) is 17.2 Å². The lowest BCUT2D eigenvalue weighted by Crippen LogP contribution is -2.41. The second-order valence-electron chi connectivity index (χ2n) is 7.61. The number of nitrogens with zero attached hydrogens (tertiary/aromatic N) is 3. The van der Waals surface area contributed by atoms with Gasteiger partial charge in [-0.2, -0.15) is 13.2 Å². The Morgan fingerprint density at radius 2 is 1.72 bits per heavy atom. The molecule has 0 aliphatic carbocycles. The molecule has 2 N–H and O–H groups in total. The fourth-order valence-electron chi connectivity index (χ4n) is 3.36. The number of nitrogens with two attached hydrogens (primary N) is 1. The zero-order chi connectivity index (χ0) is 26.0. The van der Waals surface area contributed by atoms with Gasteiger partial charge in [-0.1, -0.05) is 12.1 Å². The smallest absolute Gasteiger partial charge is 0.431 e. The standard InChI is InChI=1S/C24H18F4N4O4/c1-31-21(24(26,27)28)12-22(33)32(23(31)34)19-11-20(18(29)10-17(19)25)36-16-4-2-3-14(9-16)13-35-15-5-7-30-8-6-15/h2-12H,13,29H2,1H3. The van der Waals surface area contributed by atoms with E-state index in [4.69, 9.17) is 15.2 Å². The number of aromatic nitrogens is 3. The van der Waals surface area contributed by atoms with Crippen LogP contribution in [0, 0.1) is 5.82 Å². The largest absolute Gasteiger partial charge is 0.489 e. The van der Waals surface area contributed by atoms with Crippen molar-refractivity contribution < 1.29 is 27.0 Å². The molecule has 0 fully saturated rings. The molecule has 186 valence electrons. The number of ether oxygens (including phenoxy) is 2. The number of benzene rings is 2. The first-order valence-electron chi connectivity index (χ1n) is 10.3. The number of rotatable bonds is 6. The van der Waals surface area contributed by atoms with Gasteiger partial charge in [0.2, 0.25) is 0 Å². The number of nitrogen functional groups attached to an aromatic ring is 1. The van der Waals surface area contributed by atoms with Crippen molar-refractivity contribution in [2.24, 2.45) is 7.05 Å². The minimum atomic E-state index is -4.95. The van der Waals surface area contributed by atoms with Crippen LogP contribution in [-0.4, -0.2) is 14.1 Å². The fourth-order valence-corrected chi connectivity index (χ4v) is 3.36. The number of alkyl halides is 3. The summed E-state index contributed by atoms with van der Waals surface area (Å²) in [5.41, 5.74) is 1.59. The van der Waals surface area contributed by atoms with Crippen LogP contribution in [0.1, 0.15) is 11.3 Å². The highest BCUT2D eigenvalue weighted by atomic mass is 19.4. The molecule has 2 aromatic carbocycles. The summed E-state index contributed by atoms with van der Waals surface area (Å²) >= 11 is 0. The first-order valence-corrected chi connectivity index (χ1v) is 10.3. The molecule has 8 nitrogen and oxygen atoms in total. The maximum Gasteiger partial charge on any atom is 0.431 e. The monoisotopic (exact) mass is 502 g/mol. The molecule has 2 aromatic heterocycles. The highest BCUT2D eigenvalue weighted by Crippen LogP contribution is 2.32. The molecule has 0 unspecified atom stereocenters.